The number of benzene rings is 12. The van der Waals surface area contributed by atoms with Crippen molar-refractivity contribution in [3.8, 4) is 39.1 Å². The number of rotatable bonds is 14. The summed E-state index contributed by atoms with van der Waals surface area (Å²) < 4.78 is 7.33. The van der Waals surface area contributed by atoms with Crippen molar-refractivity contribution in [2.24, 2.45) is 0 Å². The zero-order valence-corrected chi connectivity index (χ0v) is 47.7. The van der Waals surface area contributed by atoms with Crippen LogP contribution in [0.2, 0.25) is 0 Å². The second-order valence-electron chi connectivity index (χ2n) is 22.6. The Morgan fingerprint density at radius 2 is 0.852 bits per heavy atom. The molecule has 13 rings (SSSR count). The summed E-state index contributed by atoms with van der Waals surface area (Å²) in [6, 6.07) is 77.6. The highest BCUT2D eigenvalue weighted by Gasteiger charge is 2.29. The van der Waals surface area contributed by atoms with Crippen molar-refractivity contribution in [3.63, 3.8) is 0 Å². The van der Waals surface area contributed by atoms with Gasteiger partial charge >= 0.3 is 0 Å². The molecule has 0 unspecified atom stereocenters. The van der Waals surface area contributed by atoms with E-state index in [1.165, 1.54) is 66.1 Å². The molecule has 81 heavy (non-hydrogen) atoms. The smallest absolute Gasteiger partial charge is 0.159 e. The number of anilines is 6. The van der Waals surface area contributed by atoms with Gasteiger partial charge in [-0.3, -0.25) is 0 Å². The van der Waals surface area contributed by atoms with E-state index in [9.17, 15) is 5.11 Å². The van der Waals surface area contributed by atoms with Crippen LogP contribution in [0.4, 0.5) is 34.1 Å². The number of phenols is 1. The normalized spacial score (nSPS) is 11.9. The Labute approximate surface area is 476 Å². The average molecular weight is 1050 g/mol. The summed E-state index contributed by atoms with van der Waals surface area (Å²) >= 11 is 0. The fraction of sp³-hybridized carbons (Fsp3) is 0.169. The molecule has 12 aromatic carbocycles. The Balaban J connectivity index is 1.08. The maximum absolute atomic E-state index is 13.0. The summed E-state index contributed by atoms with van der Waals surface area (Å²) in [5.74, 6) is 0.605. The van der Waals surface area contributed by atoms with Gasteiger partial charge in [-0.05, 0) is 164 Å². The Bertz CT molecular complexity index is 4500. The molecule has 0 fully saturated rings. The van der Waals surface area contributed by atoms with Crippen LogP contribution >= 0.6 is 0 Å². The first-order valence-electron chi connectivity index (χ1n) is 29.1. The number of aryl methyl sites for hydroxylation is 4. The van der Waals surface area contributed by atoms with Gasteiger partial charge in [0.1, 0.15) is 11.3 Å². The molecule has 0 saturated heterocycles. The van der Waals surface area contributed by atoms with Crippen LogP contribution in [0, 0.1) is 6.92 Å². The molecule has 0 saturated carbocycles. The van der Waals surface area contributed by atoms with Crippen molar-refractivity contribution < 1.29 is 9.52 Å². The molecule has 4 heteroatoms. The van der Waals surface area contributed by atoms with Gasteiger partial charge in [0.05, 0.1) is 22.7 Å². The molecule has 398 valence electrons. The minimum atomic E-state index is 0.180. The number of phenolic OH excluding ortho intramolecular Hbond substituents is 1. The number of aromatic hydroxyl groups is 1. The topological polar surface area (TPSA) is 39.9 Å². The predicted molar refractivity (Wildman–Crippen MR) is 346 cm³/mol. The molecule has 1 heterocycles. The van der Waals surface area contributed by atoms with Crippen molar-refractivity contribution in [3.05, 3.63) is 246 Å². The molecular weight excluding hydrogens is 985 g/mol. The van der Waals surface area contributed by atoms with E-state index in [-0.39, 0.29) is 17.6 Å². The number of hydrogen-bond acceptors (Lipinski definition) is 4. The monoisotopic (exact) mass is 1050 g/mol. The summed E-state index contributed by atoms with van der Waals surface area (Å²) in [6.45, 7) is 18.0. The summed E-state index contributed by atoms with van der Waals surface area (Å²) in [7, 11) is 0. The van der Waals surface area contributed by atoms with Crippen LogP contribution in [0.1, 0.15) is 93.7 Å². The van der Waals surface area contributed by atoms with E-state index >= 15 is 0 Å². The number of para-hydroxylation sites is 3. The summed E-state index contributed by atoms with van der Waals surface area (Å²) in [5.41, 5.74) is 21.5. The van der Waals surface area contributed by atoms with Crippen molar-refractivity contribution in [1.82, 2.24) is 0 Å². The van der Waals surface area contributed by atoms with E-state index in [1.807, 2.05) is 6.07 Å². The minimum Gasteiger partial charge on any atom is -0.505 e. The maximum Gasteiger partial charge on any atom is 0.159 e. The molecule has 0 aliphatic carbocycles. The van der Waals surface area contributed by atoms with Gasteiger partial charge in [-0.2, -0.15) is 0 Å². The van der Waals surface area contributed by atoms with Crippen molar-refractivity contribution >= 4 is 88.4 Å². The van der Waals surface area contributed by atoms with Crippen molar-refractivity contribution in [2.75, 3.05) is 9.80 Å². The first-order valence-corrected chi connectivity index (χ1v) is 29.1. The SMILES string of the molecule is CCc1ccc(N(c2cc(C(C)C)c3ccc4c(N(c5ccc(C)cc5)c5cccc(-c6cccc(-c7ccccc7CC)c6)c5O)cc(C(C)C)c5ccc2c3c54)c2cccc3c2oc2c(-c4ccccc4CC)cccc23)cc1. The van der Waals surface area contributed by atoms with Gasteiger partial charge in [0.2, 0.25) is 0 Å². The molecule has 0 atom stereocenters. The van der Waals surface area contributed by atoms with Crippen molar-refractivity contribution in [2.45, 2.75) is 86.5 Å². The first kappa shape index (κ1) is 51.3. The lowest BCUT2D eigenvalue weighted by Crippen LogP contribution is -2.13. The van der Waals surface area contributed by atoms with Crippen LogP contribution in [0.5, 0.6) is 5.75 Å². The van der Waals surface area contributed by atoms with Crippen LogP contribution in [-0.4, -0.2) is 5.11 Å². The first-order chi connectivity index (χ1) is 39.5. The molecule has 1 aromatic heterocycles. The van der Waals surface area contributed by atoms with E-state index in [4.69, 9.17) is 4.42 Å². The fourth-order valence-corrected chi connectivity index (χ4v) is 12.9. The van der Waals surface area contributed by atoms with Gasteiger partial charge in [-0.1, -0.05) is 212 Å². The zero-order valence-electron chi connectivity index (χ0n) is 47.7. The van der Waals surface area contributed by atoms with Crippen LogP contribution in [0.25, 0.3) is 87.6 Å². The predicted octanol–water partition coefficient (Wildman–Crippen LogP) is 22.4. The van der Waals surface area contributed by atoms with Crippen LogP contribution in [0.3, 0.4) is 0 Å². The molecule has 4 nitrogen and oxygen atoms in total. The van der Waals surface area contributed by atoms with Crippen LogP contribution in [0.15, 0.2) is 217 Å². The average Bonchev–Trinajstić information content (AvgIpc) is 4.10. The third kappa shape index (κ3) is 8.68. The Morgan fingerprint density at radius 3 is 1.46 bits per heavy atom. The summed E-state index contributed by atoms with van der Waals surface area (Å²) in [6.07, 6.45) is 2.81. The second kappa shape index (κ2) is 20.8. The van der Waals surface area contributed by atoms with Gasteiger partial charge in [0, 0.05) is 44.0 Å². The highest BCUT2D eigenvalue weighted by molar-refractivity contribution is 6.30. The number of fused-ring (bicyclic) bond motifs is 3. The molecule has 0 aliphatic heterocycles. The Hall–Kier alpha value is -9.12. The summed E-state index contributed by atoms with van der Waals surface area (Å²) in [5, 5.41) is 22.4. The largest absolute Gasteiger partial charge is 0.505 e. The van der Waals surface area contributed by atoms with E-state index in [0.717, 1.165) is 103 Å². The maximum atomic E-state index is 13.0. The van der Waals surface area contributed by atoms with E-state index in [2.05, 4.69) is 271 Å². The van der Waals surface area contributed by atoms with E-state index < -0.39 is 0 Å². The lowest BCUT2D eigenvalue weighted by Gasteiger charge is -2.32. The lowest BCUT2D eigenvalue weighted by atomic mass is 9.84. The molecule has 0 radical (unpaired) electrons. The third-order valence-electron chi connectivity index (χ3n) is 17.1. The highest BCUT2D eigenvalue weighted by atomic mass is 16.3. The van der Waals surface area contributed by atoms with Gasteiger partial charge in [0.15, 0.2) is 5.58 Å². The van der Waals surface area contributed by atoms with Gasteiger partial charge in [-0.15, -0.1) is 0 Å². The Morgan fingerprint density at radius 1 is 0.383 bits per heavy atom. The fourth-order valence-electron chi connectivity index (χ4n) is 12.9. The third-order valence-corrected chi connectivity index (χ3v) is 17.1. The minimum absolute atomic E-state index is 0.180. The molecule has 0 bridgehead atoms. The van der Waals surface area contributed by atoms with Gasteiger partial charge < -0.3 is 19.3 Å². The zero-order chi connectivity index (χ0) is 55.6. The number of nitrogens with zero attached hydrogens (tertiary/aromatic N) is 2. The highest BCUT2D eigenvalue weighted by Crippen LogP contribution is 2.54. The molecule has 0 amide bonds. The standard InChI is InChI=1S/C77H68N2O2/c1-9-50-34-38-56(39-35-50)79(70-31-19-29-64-63-28-17-27-62(76(63)81-77(64)70)58-25-15-13-21-52(58)11-3)72-46-68(48(6)7)61-40-42-65-71(45-67(47(4)5)60-41-43-66(72)74(61)73(60)65)78(55-36-32-49(8)33-37-55)69-30-18-26-59(75(69)80)54-23-16-22-53(44-54)57-24-14-12-20-51(57)10-2/h12-48,80H,9-11H2,1-8H3. The molecule has 1 N–H and O–H groups in total. The molecule has 13 aromatic rings. The van der Waals surface area contributed by atoms with Gasteiger partial charge in [-0.25, -0.2) is 0 Å². The second-order valence-corrected chi connectivity index (χ2v) is 22.6. The molecular formula is C77H68N2O2. The van der Waals surface area contributed by atoms with Crippen LogP contribution in [-0.2, 0) is 19.3 Å². The number of hydrogen-bond donors (Lipinski definition) is 1. The number of furan rings is 1. The van der Waals surface area contributed by atoms with E-state index in [0.29, 0.717) is 5.69 Å². The van der Waals surface area contributed by atoms with Gasteiger partial charge in [0.25, 0.3) is 0 Å². The van der Waals surface area contributed by atoms with Crippen molar-refractivity contribution in [1.29, 1.82) is 0 Å². The van der Waals surface area contributed by atoms with Crippen LogP contribution < -0.4 is 9.80 Å². The summed E-state index contributed by atoms with van der Waals surface area (Å²) in [4.78, 5) is 4.76. The molecule has 0 aliphatic rings. The van der Waals surface area contributed by atoms with E-state index in [1.54, 1.807) is 0 Å². The quantitative estimate of drug-likeness (QED) is 0.110. The lowest BCUT2D eigenvalue weighted by molar-refractivity contribution is 0.478. The Kier molecular flexibility index (Phi) is 13.2. The molecule has 0 spiro atoms.